The number of carbonyl (C=O) groups excluding carboxylic acids is 1. The van der Waals surface area contributed by atoms with Gasteiger partial charge in [-0.2, -0.15) is 0 Å². The Balaban J connectivity index is 3.43. The number of hydrogen-bond donors (Lipinski definition) is 1. The van der Waals surface area contributed by atoms with Gasteiger partial charge in [-0.05, 0) is 19.9 Å². The first-order chi connectivity index (χ1) is 6.59. The van der Waals surface area contributed by atoms with Crippen LogP contribution in [0.25, 0.3) is 0 Å². The Hall–Kier alpha value is -0.220. The molecule has 0 rings (SSSR count). The van der Waals surface area contributed by atoms with Crippen molar-refractivity contribution in [1.29, 1.82) is 0 Å². The Morgan fingerprint density at radius 1 is 1.43 bits per heavy atom. The third-order valence-electron chi connectivity index (χ3n) is 2.52. The molecule has 1 N–H and O–H groups in total. The molecule has 0 aromatic heterocycles. The van der Waals surface area contributed by atoms with Crippen LogP contribution in [0.1, 0.15) is 20.8 Å². The van der Waals surface area contributed by atoms with E-state index in [4.69, 9.17) is 0 Å². The largest absolute Gasteiger partial charge is 0.350 e. The van der Waals surface area contributed by atoms with E-state index in [1.54, 1.807) is 11.8 Å². The van der Waals surface area contributed by atoms with Crippen molar-refractivity contribution in [3.8, 4) is 0 Å². The van der Waals surface area contributed by atoms with E-state index in [1.165, 1.54) is 0 Å². The second-order valence-electron chi connectivity index (χ2n) is 3.84. The number of carbonyl (C=O) groups is 1. The molecule has 0 spiro atoms. The van der Waals surface area contributed by atoms with Crippen molar-refractivity contribution in [1.82, 2.24) is 10.2 Å². The Morgan fingerprint density at radius 2 is 2.07 bits per heavy atom. The molecule has 3 nitrogen and oxygen atoms in total. The van der Waals surface area contributed by atoms with Crippen LogP contribution in [0.3, 0.4) is 0 Å². The van der Waals surface area contributed by atoms with E-state index in [9.17, 15) is 4.79 Å². The summed E-state index contributed by atoms with van der Waals surface area (Å²) < 4.78 is 0. The van der Waals surface area contributed by atoms with Crippen molar-refractivity contribution in [2.45, 2.75) is 26.8 Å². The van der Waals surface area contributed by atoms with E-state index >= 15 is 0 Å². The standard InChI is InChI=1S/C10H22N2OS/c1-9(2)10(3)12(4)5-6-14-8-11-7-13/h7,9-10H,5-6,8H2,1-4H3,(H,11,13). The molecule has 0 heterocycles. The molecule has 0 radical (unpaired) electrons. The SMILES string of the molecule is CC(C)C(C)N(C)CCSCNC=O. The van der Waals surface area contributed by atoms with E-state index in [0.29, 0.717) is 17.8 Å². The maximum Gasteiger partial charge on any atom is 0.207 e. The van der Waals surface area contributed by atoms with Crippen molar-refractivity contribution >= 4 is 18.2 Å². The van der Waals surface area contributed by atoms with E-state index in [-0.39, 0.29) is 0 Å². The van der Waals surface area contributed by atoms with Crippen molar-refractivity contribution in [3.63, 3.8) is 0 Å². The maximum absolute atomic E-state index is 9.96. The summed E-state index contributed by atoms with van der Waals surface area (Å²) in [5.41, 5.74) is 0. The van der Waals surface area contributed by atoms with Gasteiger partial charge in [0.2, 0.25) is 6.41 Å². The molecule has 0 bridgehead atoms. The molecule has 0 saturated heterocycles. The Kier molecular flexibility index (Phi) is 7.99. The first-order valence-electron chi connectivity index (χ1n) is 5.04. The van der Waals surface area contributed by atoms with Crippen LogP contribution in [0.15, 0.2) is 0 Å². The minimum Gasteiger partial charge on any atom is -0.350 e. The molecule has 84 valence electrons. The molecule has 0 fully saturated rings. The monoisotopic (exact) mass is 218 g/mol. The third kappa shape index (κ3) is 6.27. The topological polar surface area (TPSA) is 32.3 Å². The Morgan fingerprint density at radius 3 is 2.57 bits per heavy atom. The molecule has 14 heavy (non-hydrogen) atoms. The van der Waals surface area contributed by atoms with Gasteiger partial charge in [0, 0.05) is 18.3 Å². The van der Waals surface area contributed by atoms with Gasteiger partial charge >= 0.3 is 0 Å². The maximum atomic E-state index is 9.96. The Labute approximate surface area is 91.6 Å². The fourth-order valence-corrected chi connectivity index (χ4v) is 1.83. The summed E-state index contributed by atoms with van der Waals surface area (Å²) in [4.78, 5) is 12.3. The van der Waals surface area contributed by atoms with E-state index in [0.717, 1.165) is 18.7 Å². The predicted octanol–water partition coefficient (Wildman–Crippen LogP) is 1.40. The van der Waals surface area contributed by atoms with Gasteiger partial charge in [-0.1, -0.05) is 13.8 Å². The summed E-state index contributed by atoms with van der Waals surface area (Å²) in [5, 5.41) is 2.64. The van der Waals surface area contributed by atoms with Gasteiger partial charge in [-0.3, -0.25) is 4.79 Å². The molecular formula is C10H22N2OS. The zero-order chi connectivity index (χ0) is 11.0. The number of nitrogens with one attached hydrogen (secondary N) is 1. The van der Waals surface area contributed by atoms with Gasteiger partial charge in [0.25, 0.3) is 0 Å². The fourth-order valence-electron chi connectivity index (χ4n) is 1.09. The molecule has 0 aliphatic carbocycles. The number of amides is 1. The quantitative estimate of drug-likeness (QED) is 0.380. The summed E-state index contributed by atoms with van der Waals surface area (Å²) >= 11 is 1.75. The number of thioether (sulfide) groups is 1. The molecule has 0 aliphatic rings. The lowest BCUT2D eigenvalue weighted by molar-refractivity contribution is -0.109. The van der Waals surface area contributed by atoms with Gasteiger partial charge in [-0.15, -0.1) is 11.8 Å². The second kappa shape index (κ2) is 8.12. The lowest BCUT2D eigenvalue weighted by Gasteiger charge is -2.27. The van der Waals surface area contributed by atoms with Crippen LogP contribution >= 0.6 is 11.8 Å². The van der Waals surface area contributed by atoms with Crippen LogP contribution in [0.4, 0.5) is 0 Å². The smallest absolute Gasteiger partial charge is 0.207 e. The normalized spacial score (nSPS) is 13.3. The number of hydrogen-bond acceptors (Lipinski definition) is 3. The molecule has 0 aliphatic heterocycles. The highest BCUT2D eigenvalue weighted by Gasteiger charge is 2.11. The zero-order valence-corrected chi connectivity index (χ0v) is 10.4. The van der Waals surface area contributed by atoms with Crippen LogP contribution in [0.2, 0.25) is 0 Å². The highest BCUT2D eigenvalue weighted by molar-refractivity contribution is 7.99. The van der Waals surface area contributed by atoms with Crippen LogP contribution in [0, 0.1) is 5.92 Å². The van der Waals surface area contributed by atoms with E-state index in [1.807, 2.05) is 0 Å². The minimum absolute atomic E-state index is 0.620. The summed E-state index contributed by atoms with van der Waals surface area (Å²) in [7, 11) is 2.15. The number of rotatable bonds is 8. The molecule has 0 saturated carbocycles. The van der Waals surface area contributed by atoms with Crippen LogP contribution in [-0.4, -0.2) is 42.6 Å². The first-order valence-corrected chi connectivity index (χ1v) is 6.20. The highest BCUT2D eigenvalue weighted by Crippen LogP contribution is 2.08. The average Bonchev–Trinajstić information content (AvgIpc) is 2.16. The van der Waals surface area contributed by atoms with Gasteiger partial charge in [0.1, 0.15) is 0 Å². The lowest BCUT2D eigenvalue weighted by Crippen LogP contribution is -2.35. The molecule has 1 atom stereocenters. The van der Waals surface area contributed by atoms with E-state index < -0.39 is 0 Å². The van der Waals surface area contributed by atoms with Crippen molar-refractivity contribution in [2.24, 2.45) is 5.92 Å². The highest BCUT2D eigenvalue weighted by atomic mass is 32.2. The van der Waals surface area contributed by atoms with E-state index in [2.05, 4.69) is 38.0 Å². The Bertz CT molecular complexity index is 153. The predicted molar refractivity (Wildman–Crippen MR) is 63.5 cm³/mol. The summed E-state index contributed by atoms with van der Waals surface area (Å²) in [5.74, 6) is 2.47. The first kappa shape index (κ1) is 13.8. The second-order valence-corrected chi connectivity index (χ2v) is 4.94. The van der Waals surface area contributed by atoms with Gasteiger partial charge in [0.05, 0.1) is 5.88 Å². The lowest BCUT2D eigenvalue weighted by atomic mass is 10.1. The summed E-state index contributed by atoms with van der Waals surface area (Å²) in [6.07, 6.45) is 0.744. The van der Waals surface area contributed by atoms with Crippen molar-refractivity contribution < 1.29 is 4.79 Å². The fraction of sp³-hybridized carbons (Fsp3) is 0.900. The summed E-state index contributed by atoms with van der Waals surface area (Å²) in [6, 6.07) is 0.620. The number of nitrogens with zero attached hydrogens (tertiary/aromatic N) is 1. The molecule has 1 unspecified atom stereocenters. The third-order valence-corrected chi connectivity index (χ3v) is 3.36. The molecule has 1 amide bonds. The molecule has 0 aromatic carbocycles. The van der Waals surface area contributed by atoms with Crippen LogP contribution in [-0.2, 0) is 4.79 Å². The van der Waals surface area contributed by atoms with Gasteiger partial charge in [0.15, 0.2) is 0 Å². The molecule has 4 heteroatoms. The summed E-state index contributed by atoms with van der Waals surface area (Å²) in [6.45, 7) is 7.80. The van der Waals surface area contributed by atoms with Crippen molar-refractivity contribution in [3.05, 3.63) is 0 Å². The average molecular weight is 218 g/mol. The zero-order valence-electron chi connectivity index (χ0n) is 9.62. The van der Waals surface area contributed by atoms with Crippen LogP contribution in [0.5, 0.6) is 0 Å². The van der Waals surface area contributed by atoms with Crippen molar-refractivity contribution in [2.75, 3.05) is 25.2 Å². The molecule has 0 aromatic rings. The molecular weight excluding hydrogens is 196 g/mol. The van der Waals surface area contributed by atoms with Gasteiger partial charge < -0.3 is 10.2 Å². The van der Waals surface area contributed by atoms with Gasteiger partial charge in [-0.25, -0.2) is 0 Å². The van der Waals surface area contributed by atoms with Crippen LogP contribution < -0.4 is 5.32 Å². The minimum atomic E-state index is 0.620.